The molecule has 0 radical (unpaired) electrons. The van der Waals surface area contributed by atoms with Gasteiger partial charge in [0.2, 0.25) is 0 Å². The molecule has 4 aromatic rings. The van der Waals surface area contributed by atoms with Crippen molar-refractivity contribution in [2.24, 2.45) is 0 Å². The van der Waals surface area contributed by atoms with Crippen molar-refractivity contribution < 1.29 is 22.7 Å². The van der Waals surface area contributed by atoms with Gasteiger partial charge in [-0.15, -0.1) is 0 Å². The van der Waals surface area contributed by atoms with Gasteiger partial charge in [-0.3, -0.25) is 9.71 Å². The van der Waals surface area contributed by atoms with E-state index in [0.717, 1.165) is 6.07 Å². The number of hydrogen-bond acceptors (Lipinski definition) is 4. The first-order chi connectivity index (χ1) is 16.8. The average Bonchev–Trinajstić information content (AvgIpc) is 2.80. The molecule has 3 aromatic carbocycles. The van der Waals surface area contributed by atoms with Crippen LogP contribution in [0.4, 0.5) is 10.1 Å². The summed E-state index contributed by atoms with van der Waals surface area (Å²) in [7, 11) is -4.23. The van der Waals surface area contributed by atoms with Gasteiger partial charge in [0.1, 0.15) is 5.82 Å². The number of nitrogens with one attached hydrogen (secondary N) is 1. The molecule has 6 nitrogen and oxygen atoms in total. The Morgan fingerprint density at radius 2 is 1.78 bits per heavy atom. The smallest absolute Gasteiger partial charge is 0.337 e. The lowest BCUT2D eigenvalue weighted by Gasteiger charge is -2.21. The number of hydrogen-bond donors (Lipinski definition) is 2. The van der Waals surface area contributed by atoms with E-state index in [1.807, 2.05) is 20.8 Å². The molecule has 0 aliphatic rings. The number of carbonyl (C=O) groups is 1. The molecule has 0 fully saturated rings. The van der Waals surface area contributed by atoms with Crippen LogP contribution in [-0.4, -0.2) is 24.5 Å². The van der Waals surface area contributed by atoms with Crippen LogP contribution in [0.15, 0.2) is 65.7 Å². The minimum absolute atomic E-state index is 0.0240. The van der Waals surface area contributed by atoms with E-state index in [1.54, 1.807) is 12.1 Å². The maximum atomic E-state index is 14.8. The number of nitrogens with zero attached hydrogens (tertiary/aromatic N) is 1. The van der Waals surface area contributed by atoms with Gasteiger partial charge >= 0.3 is 5.97 Å². The van der Waals surface area contributed by atoms with Gasteiger partial charge < -0.3 is 5.11 Å². The predicted octanol–water partition coefficient (Wildman–Crippen LogP) is 7.14. The maximum absolute atomic E-state index is 14.8. The highest BCUT2D eigenvalue weighted by Gasteiger charge is 2.25. The monoisotopic (exact) mass is 546 g/mol. The Bertz CT molecular complexity index is 1630. The van der Waals surface area contributed by atoms with Gasteiger partial charge in [-0.1, -0.05) is 62.2 Å². The van der Waals surface area contributed by atoms with Gasteiger partial charge in [0, 0.05) is 17.1 Å². The quantitative estimate of drug-likeness (QED) is 0.277. The van der Waals surface area contributed by atoms with Crippen molar-refractivity contribution in [3.05, 3.63) is 87.8 Å². The van der Waals surface area contributed by atoms with Gasteiger partial charge in [0.15, 0.2) is 0 Å². The van der Waals surface area contributed by atoms with Crippen LogP contribution in [-0.2, 0) is 15.4 Å². The summed E-state index contributed by atoms with van der Waals surface area (Å²) in [5.41, 5.74) is 0.786. The summed E-state index contributed by atoms with van der Waals surface area (Å²) in [6.07, 6.45) is 1.46. The molecule has 0 saturated heterocycles. The summed E-state index contributed by atoms with van der Waals surface area (Å²) in [6, 6.07) is 12.8. The van der Waals surface area contributed by atoms with Gasteiger partial charge in [0.05, 0.1) is 31.7 Å². The first kappa shape index (κ1) is 25.9. The molecular weight excluding hydrogens is 526 g/mol. The Kier molecular flexibility index (Phi) is 6.72. The number of sulfonamides is 1. The molecule has 186 valence electrons. The molecule has 0 aliphatic carbocycles. The summed E-state index contributed by atoms with van der Waals surface area (Å²) in [4.78, 5) is 15.6. The molecule has 10 heteroatoms. The topological polar surface area (TPSA) is 96.4 Å². The zero-order valence-corrected chi connectivity index (χ0v) is 21.8. The van der Waals surface area contributed by atoms with E-state index >= 15 is 0 Å². The molecule has 1 heterocycles. The van der Waals surface area contributed by atoms with Crippen LogP contribution in [0.1, 0.15) is 36.7 Å². The fourth-order valence-electron chi connectivity index (χ4n) is 3.94. The van der Waals surface area contributed by atoms with E-state index < -0.39 is 27.2 Å². The molecule has 2 N–H and O–H groups in total. The molecule has 4 rings (SSSR count). The van der Waals surface area contributed by atoms with E-state index in [0.29, 0.717) is 16.5 Å². The minimum atomic E-state index is -4.23. The van der Waals surface area contributed by atoms with Crippen LogP contribution in [0.5, 0.6) is 0 Å². The first-order valence-electron chi connectivity index (χ1n) is 10.7. The Balaban J connectivity index is 1.88. The third-order valence-electron chi connectivity index (χ3n) is 5.67. The Morgan fingerprint density at radius 3 is 2.42 bits per heavy atom. The summed E-state index contributed by atoms with van der Waals surface area (Å²) in [5.74, 6) is -1.80. The number of aromatic nitrogens is 1. The highest BCUT2D eigenvalue weighted by Crippen LogP contribution is 2.43. The molecular formula is C26H21Cl2FN2O4S. The highest BCUT2D eigenvalue weighted by atomic mass is 35.5. The summed E-state index contributed by atoms with van der Waals surface area (Å²) in [5, 5.41) is 10.2. The van der Waals surface area contributed by atoms with E-state index in [-0.39, 0.29) is 37.3 Å². The predicted molar refractivity (Wildman–Crippen MR) is 140 cm³/mol. The van der Waals surface area contributed by atoms with Gasteiger partial charge in [-0.25, -0.2) is 17.6 Å². The molecule has 36 heavy (non-hydrogen) atoms. The third-order valence-corrected chi connectivity index (χ3v) is 7.83. The zero-order valence-electron chi connectivity index (χ0n) is 19.4. The van der Waals surface area contributed by atoms with Crippen molar-refractivity contribution in [2.45, 2.75) is 31.1 Å². The Morgan fingerprint density at radius 1 is 1.06 bits per heavy atom. The van der Waals surface area contributed by atoms with Crippen LogP contribution in [0.25, 0.3) is 22.0 Å². The Hall–Kier alpha value is -3.20. The number of fused-ring (bicyclic) bond motifs is 1. The summed E-state index contributed by atoms with van der Waals surface area (Å²) in [6.45, 7) is 5.48. The molecule has 1 aromatic heterocycles. The maximum Gasteiger partial charge on any atom is 0.337 e. The molecule has 0 spiro atoms. The van der Waals surface area contributed by atoms with E-state index in [9.17, 15) is 22.7 Å². The van der Waals surface area contributed by atoms with Crippen molar-refractivity contribution in [1.29, 1.82) is 0 Å². The number of carboxylic acid groups (broad SMARTS) is 1. The number of benzene rings is 3. The lowest BCUT2D eigenvalue weighted by molar-refractivity contribution is 0.0699. The van der Waals surface area contributed by atoms with Crippen molar-refractivity contribution in [2.75, 3.05) is 4.72 Å². The Labute approximate surface area is 217 Å². The number of rotatable bonds is 5. The van der Waals surface area contributed by atoms with Crippen molar-refractivity contribution >= 4 is 55.8 Å². The number of aromatic carboxylic acids is 1. The van der Waals surface area contributed by atoms with E-state index in [2.05, 4.69) is 9.71 Å². The zero-order chi connectivity index (χ0) is 26.4. The second-order valence-electron chi connectivity index (χ2n) is 9.15. The van der Waals surface area contributed by atoms with Crippen molar-refractivity contribution in [3.8, 4) is 11.1 Å². The van der Waals surface area contributed by atoms with E-state index in [1.165, 1.54) is 42.6 Å². The fraction of sp³-hybridized carbons (Fsp3) is 0.154. The third kappa shape index (κ3) is 4.76. The molecule has 0 bridgehead atoms. The minimum Gasteiger partial charge on any atom is -0.478 e. The van der Waals surface area contributed by atoms with Crippen LogP contribution in [0.3, 0.4) is 0 Å². The van der Waals surface area contributed by atoms with Crippen LogP contribution >= 0.6 is 23.2 Å². The SMILES string of the molecule is CC(C)(C)c1ccc(S(=O)(=O)Nc2ccc(Cl)c(Cl)c2-c2ccc(C(=O)O)c3ncccc23)cc1F. The number of anilines is 1. The number of halogens is 3. The highest BCUT2D eigenvalue weighted by molar-refractivity contribution is 7.92. The largest absolute Gasteiger partial charge is 0.478 e. The second kappa shape index (κ2) is 9.35. The van der Waals surface area contributed by atoms with Crippen molar-refractivity contribution in [1.82, 2.24) is 4.98 Å². The van der Waals surface area contributed by atoms with Gasteiger partial charge in [-0.05, 0) is 52.9 Å². The van der Waals surface area contributed by atoms with E-state index in [4.69, 9.17) is 23.2 Å². The lowest BCUT2D eigenvalue weighted by atomic mass is 9.87. The number of carboxylic acids is 1. The summed E-state index contributed by atoms with van der Waals surface area (Å²) < 4.78 is 43.8. The van der Waals surface area contributed by atoms with Crippen LogP contribution in [0, 0.1) is 5.82 Å². The molecule has 0 saturated carbocycles. The molecule has 0 unspecified atom stereocenters. The first-order valence-corrected chi connectivity index (χ1v) is 13.0. The van der Waals surface area contributed by atoms with Crippen LogP contribution < -0.4 is 4.72 Å². The molecule has 0 amide bonds. The van der Waals surface area contributed by atoms with Crippen LogP contribution in [0.2, 0.25) is 10.0 Å². The fourth-order valence-corrected chi connectivity index (χ4v) is 5.44. The lowest BCUT2D eigenvalue weighted by Crippen LogP contribution is -2.17. The van der Waals surface area contributed by atoms with Gasteiger partial charge in [0.25, 0.3) is 10.0 Å². The molecule has 0 atom stereocenters. The normalized spacial score (nSPS) is 12.1. The second-order valence-corrected chi connectivity index (χ2v) is 11.6. The molecule has 0 aliphatic heterocycles. The van der Waals surface area contributed by atoms with Gasteiger partial charge in [-0.2, -0.15) is 0 Å². The average molecular weight is 547 g/mol. The number of pyridine rings is 1. The standard InChI is InChI=1S/C26H21Cl2FN2O4S/c1-26(2,3)18-9-6-14(13-20(18)29)36(34,35)31-21-11-10-19(27)23(28)22(21)15-7-8-17(25(32)33)24-16(15)5-4-12-30-24/h4-13,31H,1-3H3,(H,32,33). The van der Waals surface area contributed by atoms with Crippen molar-refractivity contribution in [3.63, 3.8) is 0 Å². The summed E-state index contributed by atoms with van der Waals surface area (Å²) >= 11 is 12.8.